The molecule has 7 heteroatoms. The second-order valence-electron chi connectivity index (χ2n) is 5.53. The minimum atomic E-state index is 0.525. The molecule has 3 rings (SSSR count). The van der Waals surface area contributed by atoms with Crippen LogP contribution in [0.2, 0.25) is 5.02 Å². The highest BCUT2D eigenvalue weighted by atomic mass is 35.5. The van der Waals surface area contributed by atoms with Crippen LogP contribution < -0.4 is 20.1 Å². The van der Waals surface area contributed by atoms with Crippen molar-refractivity contribution in [1.82, 2.24) is 15.6 Å². The van der Waals surface area contributed by atoms with Gasteiger partial charge in [-0.3, -0.25) is 9.98 Å². The van der Waals surface area contributed by atoms with E-state index in [0.29, 0.717) is 36.3 Å². The summed E-state index contributed by atoms with van der Waals surface area (Å²) in [5.41, 5.74) is 2.05. The number of guanidine groups is 1. The predicted octanol–water partition coefficient (Wildman–Crippen LogP) is 2.41. The lowest BCUT2D eigenvalue weighted by Crippen LogP contribution is -2.37. The quantitative estimate of drug-likeness (QED) is 0.633. The van der Waals surface area contributed by atoms with E-state index in [1.54, 1.807) is 13.2 Å². The van der Waals surface area contributed by atoms with Crippen molar-refractivity contribution in [2.24, 2.45) is 4.99 Å². The lowest BCUT2D eigenvalue weighted by atomic mass is 10.2. The molecule has 1 aliphatic heterocycles. The zero-order valence-corrected chi connectivity index (χ0v) is 14.8. The summed E-state index contributed by atoms with van der Waals surface area (Å²) in [6.45, 7) is 2.40. The maximum Gasteiger partial charge on any atom is 0.191 e. The number of ether oxygens (including phenoxy) is 2. The summed E-state index contributed by atoms with van der Waals surface area (Å²) in [5, 5.41) is 7.11. The van der Waals surface area contributed by atoms with Gasteiger partial charge in [-0.25, -0.2) is 0 Å². The number of pyridine rings is 1. The van der Waals surface area contributed by atoms with E-state index >= 15 is 0 Å². The van der Waals surface area contributed by atoms with Crippen LogP contribution in [0.1, 0.15) is 11.3 Å². The first-order chi connectivity index (χ1) is 12.3. The standard InChI is InChI=1S/C18H21ClN4O2/c1-20-18(22-7-5-14-4-2-3-6-21-14)23-12-13-10-15(19)17-16(11-13)24-8-9-25-17/h2-4,6,10-11H,5,7-9,12H2,1H3,(H2,20,22,23). The van der Waals surface area contributed by atoms with Gasteiger partial charge in [0.25, 0.3) is 0 Å². The van der Waals surface area contributed by atoms with Crippen molar-refractivity contribution in [3.63, 3.8) is 0 Å². The van der Waals surface area contributed by atoms with Crippen LogP contribution in [-0.4, -0.2) is 37.7 Å². The van der Waals surface area contributed by atoms with Gasteiger partial charge in [0.05, 0.1) is 5.02 Å². The zero-order chi connectivity index (χ0) is 17.5. The Morgan fingerprint density at radius 1 is 1.24 bits per heavy atom. The summed E-state index contributed by atoms with van der Waals surface area (Å²) in [6, 6.07) is 9.73. The molecule has 0 aliphatic carbocycles. The van der Waals surface area contributed by atoms with Crippen molar-refractivity contribution in [1.29, 1.82) is 0 Å². The summed E-state index contributed by atoms with van der Waals surface area (Å²) < 4.78 is 11.1. The van der Waals surface area contributed by atoms with E-state index in [0.717, 1.165) is 30.2 Å². The van der Waals surface area contributed by atoms with Gasteiger partial charge in [-0.15, -0.1) is 0 Å². The Morgan fingerprint density at radius 3 is 2.92 bits per heavy atom. The molecule has 0 bridgehead atoms. The van der Waals surface area contributed by atoms with Crippen LogP contribution in [0.5, 0.6) is 11.5 Å². The first-order valence-corrected chi connectivity index (χ1v) is 8.56. The number of fused-ring (bicyclic) bond motifs is 1. The molecular weight excluding hydrogens is 340 g/mol. The van der Waals surface area contributed by atoms with E-state index in [1.165, 1.54) is 0 Å². The van der Waals surface area contributed by atoms with Crippen molar-refractivity contribution in [3.05, 3.63) is 52.8 Å². The lowest BCUT2D eigenvalue weighted by Gasteiger charge is -2.20. The van der Waals surface area contributed by atoms with Crippen molar-refractivity contribution >= 4 is 17.6 Å². The largest absolute Gasteiger partial charge is 0.486 e. The summed E-state index contributed by atoms with van der Waals surface area (Å²) >= 11 is 6.26. The fourth-order valence-corrected chi connectivity index (χ4v) is 2.82. The Hall–Kier alpha value is -2.47. The van der Waals surface area contributed by atoms with Gasteiger partial charge < -0.3 is 20.1 Å². The number of aliphatic imine (C=N–C) groups is 1. The average molecular weight is 361 g/mol. The Balaban J connectivity index is 1.52. The van der Waals surface area contributed by atoms with Gasteiger partial charge in [0.1, 0.15) is 13.2 Å². The van der Waals surface area contributed by atoms with Gasteiger partial charge in [0.15, 0.2) is 17.5 Å². The summed E-state index contributed by atoms with van der Waals surface area (Å²) in [7, 11) is 1.74. The number of rotatable bonds is 5. The van der Waals surface area contributed by atoms with Crippen LogP contribution in [0, 0.1) is 0 Å². The molecule has 0 radical (unpaired) electrons. The minimum Gasteiger partial charge on any atom is -0.486 e. The van der Waals surface area contributed by atoms with Crippen LogP contribution in [0.3, 0.4) is 0 Å². The Kier molecular flexibility index (Phi) is 5.95. The predicted molar refractivity (Wildman–Crippen MR) is 98.6 cm³/mol. The molecule has 0 saturated carbocycles. The maximum absolute atomic E-state index is 6.26. The molecule has 0 fully saturated rings. The molecule has 0 amide bonds. The molecular formula is C18H21ClN4O2. The number of nitrogens with zero attached hydrogens (tertiary/aromatic N) is 2. The van der Waals surface area contributed by atoms with Gasteiger partial charge in [0.2, 0.25) is 0 Å². The molecule has 0 unspecified atom stereocenters. The number of aromatic nitrogens is 1. The SMILES string of the molecule is CN=C(NCCc1ccccn1)NCc1cc(Cl)c2c(c1)OCCO2. The first-order valence-electron chi connectivity index (χ1n) is 8.18. The topological polar surface area (TPSA) is 67.8 Å². The van der Waals surface area contributed by atoms with Crippen molar-refractivity contribution in [3.8, 4) is 11.5 Å². The smallest absolute Gasteiger partial charge is 0.191 e. The highest BCUT2D eigenvalue weighted by Crippen LogP contribution is 2.38. The fourth-order valence-electron chi connectivity index (χ4n) is 2.53. The van der Waals surface area contributed by atoms with E-state index in [4.69, 9.17) is 21.1 Å². The Labute approximate surface area is 152 Å². The first kappa shape index (κ1) is 17.4. The number of benzene rings is 1. The zero-order valence-electron chi connectivity index (χ0n) is 14.1. The molecule has 25 heavy (non-hydrogen) atoms. The van der Waals surface area contributed by atoms with Gasteiger partial charge in [-0.1, -0.05) is 17.7 Å². The maximum atomic E-state index is 6.26. The Morgan fingerprint density at radius 2 is 2.12 bits per heavy atom. The van der Waals surface area contributed by atoms with Crippen molar-refractivity contribution < 1.29 is 9.47 Å². The number of halogens is 1. The summed E-state index contributed by atoms with van der Waals surface area (Å²) in [6.07, 6.45) is 2.63. The van der Waals surface area contributed by atoms with Crippen molar-refractivity contribution in [2.75, 3.05) is 26.8 Å². The normalized spacial score (nSPS) is 13.4. The third kappa shape index (κ3) is 4.76. The molecule has 1 aromatic carbocycles. The monoisotopic (exact) mass is 360 g/mol. The highest BCUT2D eigenvalue weighted by Gasteiger charge is 2.16. The van der Waals surface area contributed by atoms with E-state index in [1.807, 2.05) is 30.3 Å². The second-order valence-corrected chi connectivity index (χ2v) is 5.93. The third-order valence-corrected chi connectivity index (χ3v) is 4.02. The molecule has 6 nitrogen and oxygen atoms in total. The number of nitrogens with one attached hydrogen (secondary N) is 2. The van der Waals surface area contributed by atoms with Gasteiger partial charge in [0, 0.05) is 38.4 Å². The third-order valence-electron chi connectivity index (χ3n) is 3.74. The van der Waals surface area contributed by atoms with E-state index in [9.17, 15) is 0 Å². The average Bonchev–Trinajstić information content (AvgIpc) is 2.65. The molecule has 0 atom stereocenters. The van der Waals surface area contributed by atoms with Crippen LogP contribution in [0.25, 0.3) is 0 Å². The molecule has 1 aliphatic rings. The molecule has 0 saturated heterocycles. The molecule has 2 N–H and O–H groups in total. The van der Waals surface area contributed by atoms with Crippen LogP contribution in [0.15, 0.2) is 41.5 Å². The van der Waals surface area contributed by atoms with Gasteiger partial charge in [-0.2, -0.15) is 0 Å². The molecule has 0 spiro atoms. The van der Waals surface area contributed by atoms with E-state index in [-0.39, 0.29) is 0 Å². The number of hydrogen-bond acceptors (Lipinski definition) is 4. The van der Waals surface area contributed by atoms with Crippen LogP contribution >= 0.6 is 11.6 Å². The molecule has 132 valence electrons. The lowest BCUT2D eigenvalue weighted by molar-refractivity contribution is 0.171. The van der Waals surface area contributed by atoms with E-state index in [2.05, 4.69) is 20.6 Å². The van der Waals surface area contributed by atoms with Crippen LogP contribution in [0.4, 0.5) is 0 Å². The summed E-state index contributed by atoms with van der Waals surface area (Å²) in [4.78, 5) is 8.53. The molecule has 2 aromatic rings. The Bertz CT molecular complexity index is 737. The van der Waals surface area contributed by atoms with Crippen molar-refractivity contribution in [2.45, 2.75) is 13.0 Å². The van der Waals surface area contributed by atoms with Gasteiger partial charge >= 0.3 is 0 Å². The minimum absolute atomic E-state index is 0.525. The fraction of sp³-hybridized carbons (Fsp3) is 0.333. The van der Waals surface area contributed by atoms with E-state index < -0.39 is 0 Å². The summed E-state index contributed by atoms with van der Waals surface area (Å²) in [5.74, 6) is 2.03. The number of hydrogen-bond donors (Lipinski definition) is 2. The second kappa shape index (κ2) is 8.58. The molecule has 2 heterocycles. The van der Waals surface area contributed by atoms with Crippen LogP contribution in [-0.2, 0) is 13.0 Å². The molecule has 1 aromatic heterocycles. The highest BCUT2D eigenvalue weighted by molar-refractivity contribution is 6.32. The van der Waals surface area contributed by atoms with Gasteiger partial charge in [-0.05, 0) is 29.8 Å².